The zero-order chi connectivity index (χ0) is 23.8. The second kappa shape index (κ2) is 9.83. The number of ketones is 1. The Hall–Kier alpha value is -0.0562. The summed E-state index contributed by atoms with van der Waals surface area (Å²) in [7, 11) is -4.47. The maximum absolute atomic E-state index is 13.1. The summed E-state index contributed by atoms with van der Waals surface area (Å²) in [4.78, 5) is 13.1. The Morgan fingerprint density at radius 3 is 1.73 bits per heavy atom. The number of rotatable bonds is 7. The molecule has 0 aromatic heterocycles. The minimum atomic E-state index is -2.24. The van der Waals surface area contributed by atoms with Gasteiger partial charge in [0.1, 0.15) is 12.2 Å². The maximum atomic E-state index is 13.1. The van der Waals surface area contributed by atoms with Crippen LogP contribution in [0, 0.1) is 5.92 Å². The number of hydrogen-bond acceptors (Lipinski definition) is 5. The third kappa shape index (κ3) is 5.46. The van der Waals surface area contributed by atoms with E-state index in [-0.39, 0.29) is 17.1 Å². The van der Waals surface area contributed by atoms with Crippen molar-refractivity contribution in [1.29, 1.82) is 0 Å². The topological polar surface area (TPSA) is 76.0 Å². The predicted octanol–water partition coefficient (Wildman–Crippen LogP) is 5.27. The molecule has 5 atom stereocenters. The van der Waals surface area contributed by atoms with E-state index < -0.39 is 40.7 Å². The van der Waals surface area contributed by atoms with Crippen molar-refractivity contribution < 1.29 is 23.9 Å². The molecule has 1 aliphatic rings. The summed E-state index contributed by atoms with van der Waals surface area (Å²) < 4.78 is 13.5. The van der Waals surface area contributed by atoms with Crippen LogP contribution in [0.1, 0.15) is 75.7 Å². The minimum absolute atomic E-state index is 0.0581. The van der Waals surface area contributed by atoms with Gasteiger partial charge >= 0.3 is 0 Å². The molecule has 178 valence electrons. The predicted molar refractivity (Wildman–Crippen MR) is 129 cm³/mol. The fraction of sp³-hybridized carbons (Fsp3) is 0.957. The molecular weight excluding hydrogens is 412 g/mol. The summed E-state index contributed by atoms with van der Waals surface area (Å²) in [5.41, 5.74) is 1.18. The monoisotopic (exact) mass is 460 g/mol. The van der Waals surface area contributed by atoms with Crippen LogP contribution in [0.2, 0.25) is 34.8 Å². The van der Waals surface area contributed by atoms with Crippen LogP contribution in [0.25, 0.3) is 0 Å². The van der Waals surface area contributed by atoms with Crippen molar-refractivity contribution in [3.05, 3.63) is 0 Å². The summed E-state index contributed by atoms with van der Waals surface area (Å²) >= 11 is 0. The first-order chi connectivity index (χ1) is 13.4. The van der Waals surface area contributed by atoms with Gasteiger partial charge in [0.2, 0.25) is 8.32 Å². The van der Waals surface area contributed by atoms with Crippen LogP contribution in [0.5, 0.6) is 0 Å². The summed E-state index contributed by atoms with van der Waals surface area (Å²) in [5.74, 6) is -0.753. The molecule has 0 aromatic carbocycles. The molecule has 0 spiro atoms. The number of carbonyl (C=O) groups is 1. The van der Waals surface area contributed by atoms with Gasteiger partial charge in [-0.05, 0) is 34.8 Å². The largest absolute Gasteiger partial charge is 0.413 e. The minimum Gasteiger partial charge on any atom is -0.413 e. The summed E-state index contributed by atoms with van der Waals surface area (Å²) in [6.45, 7) is 25.9. The molecule has 1 rings (SSSR count). The Labute approximate surface area is 187 Å². The second-order valence-electron chi connectivity index (χ2n) is 11.8. The summed E-state index contributed by atoms with van der Waals surface area (Å²) in [5, 5.41) is 21.3. The Bertz CT molecular complexity index is 561. The lowest BCUT2D eigenvalue weighted by Crippen LogP contribution is -2.53. The van der Waals surface area contributed by atoms with Crippen LogP contribution < -0.4 is 0 Å². The zero-order valence-electron chi connectivity index (χ0n) is 21.4. The smallest absolute Gasteiger partial charge is 0.200 e. The van der Waals surface area contributed by atoms with E-state index in [9.17, 15) is 15.0 Å². The van der Waals surface area contributed by atoms with E-state index in [0.29, 0.717) is 23.0 Å². The highest BCUT2D eigenvalue weighted by Crippen LogP contribution is 2.45. The van der Waals surface area contributed by atoms with Crippen molar-refractivity contribution in [1.82, 2.24) is 0 Å². The number of hydrogen-bond donors (Lipinski definition) is 2. The van der Waals surface area contributed by atoms with Gasteiger partial charge in [-0.2, -0.15) is 0 Å². The normalized spacial score (nSPS) is 29.8. The first kappa shape index (κ1) is 28.0. The number of carbonyl (C=O) groups excluding carboxylic acids is 1. The molecule has 0 aromatic rings. The molecule has 0 radical (unpaired) electrons. The van der Waals surface area contributed by atoms with Crippen molar-refractivity contribution >= 4 is 22.4 Å². The highest BCUT2D eigenvalue weighted by atomic mass is 28.4. The second-order valence-corrected chi connectivity index (χ2v) is 21.9. The Morgan fingerprint density at radius 1 is 0.933 bits per heavy atom. The van der Waals surface area contributed by atoms with Crippen molar-refractivity contribution in [3.63, 3.8) is 0 Å². The highest BCUT2D eigenvalue weighted by molar-refractivity contribution is 6.77. The average molecular weight is 461 g/mol. The quantitative estimate of drug-likeness (QED) is 0.400. The fourth-order valence-corrected chi connectivity index (χ4v) is 11.8. The fourth-order valence-electron chi connectivity index (χ4n) is 4.87. The van der Waals surface area contributed by atoms with Gasteiger partial charge in [0.15, 0.2) is 14.1 Å². The number of aliphatic hydroxyl groups excluding tert-OH is 2. The molecule has 0 aliphatic heterocycles. The summed E-state index contributed by atoms with van der Waals surface area (Å²) in [6.07, 6.45) is -3.26. The van der Waals surface area contributed by atoms with Crippen molar-refractivity contribution in [3.8, 4) is 0 Å². The van der Waals surface area contributed by atoms with Crippen LogP contribution in [0.15, 0.2) is 0 Å². The van der Waals surface area contributed by atoms with Crippen LogP contribution in [0.4, 0.5) is 0 Å². The molecule has 1 fully saturated rings. The Kier molecular flexibility index (Phi) is 9.17. The molecule has 1 aliphatic carbocycles. The molecular formula is C23H48O5Si2. The van der Waals surface area contributed by atoms with E-state index >= 15 is 0 Å². The first-order valence-corrected chi connectivity index (χ1v) is 16.7. The Morgan fingerprint density at radius 2 is 1.37 bits per heavy atom. The molecule has 7 heteroatoms. The SMILES string of the molecule is CC(C)[Si](O[C@H]1C[C@H](O[Si](C)(C)C(C)(C)C)C(=O)[C@H](O)[C@H](O)[C@H]1C)(C(C)C)C(C)C. The van der Waals surface area contributed by atoms with Gasteiger partial charge in [0.25, 0.3) is 0 Å². The van der Waals surface area contributed by atoms with Crippen LogP contribution >= 0.6 is 0 Å². The van der Waals surface area contributed by atoms with E-state index in [1.807, 2.05) is 6.92 Å². The van der Waals surface area contributed by atoms with E-state index in [1.54, 1.807) is 0 Å². The molecule has 2 N–H and O–H groups in total. The van der Waals surface area contributed by atoms with Crippen molar-refractivity contribution in [2.75, 3.05) is 0 Å². The number of Topliss-reactive ketones (excluding diaryl/α,β-unsaturated/α-hetero) is 1. The molecule has 0 saturated heterocycles. The van der Waals surface area contributed by atoms with Gasteiger partial charge in [-0.15, -0.1) is 0 Å². The lowest BCUT2D eigenvalue weighted by molar-refractivity contribution is -0.140. The maximum Gasteiger partial charge on any atom is 0.200 e. The van der Waals surface area contributed by atoms with Crippen LogP contribution in [0.3, 0.4) is 0 Å². The lowest BCUT2D eigenvalue weighted by atomic mass is 9.96. The molecule has 0 heterocycles. The van der Waals surface area contributed by atoms with E-state index in [1.165, 1.54) is 0 Å². The van der Waals surface area contributed by atoms with Gasteiger partial charge in [-0.1, -0.05) is 69.2 Å². The highest BCUT2D eigenvalue weighted by Gasteiger charge is 2.52. The average Bonchev–Trinajstić information content (AvgIpc) is 2.65. The van der Waals surface area contributed by atoms with E-state index in [2.05, 4.69) is 75.4 Å². The third-order valence-corrected chi connectivity index (χ3v) is 18.4. The Balaban J connectivity index is 3.38. The third-order valence-electron chi connectivity index (χ3n) is 7.81. The van der Waals surface area contributed by atoms with Gasteiger partial charge in [-0.25, -0.2) is 0 Å². The molecule has 30 heavy (non-hydrogen) atoms. The van der Waals surface area contributed by atoms with E-state index in [4.69, 9.17) is 8.85 Å². The van der Waals surface area contributed by atoms with Crippen molar-refractivity contribution in [2.24, 2.45) is 5.92 Å². The molecule has 5 nitrogen and oxygen atoms in total. The molecule has 0 bridgehead atoms. The zero-order valence-corrected chi connectivity index (χ0v) is 23.4. The van der Waals surface area contributed by atoms with Gasteiger partial charge < -0.3 is 19.1 Å². The lowest BCUT2D eigenvalue weighted by Gasteiger charge is -2.46. The van der Waals surface area contributed by atoms with Crippen molar-refractivity contribution in [2.45, 2.75) is 135 Å². The standard InChI is InChI=1S/C23H48O5Si2/c1-14(2)30(15(3)4,16(5)6)28-18-13-19(27-29(11,12)23(8,9)10)21(25)22(26)20(24)17(18)7/h14-20,22,24,26H,13H2,1-12H3/t17-,18-,19-,20+,22+/m0/s1. The molecule has 1 saturated carbocycles. The molecule has 0 amide bonds. The van der Waals surface area contributed by atoms with Gasteiger partial charge in [-0.3, -0.25) is 4.79 Å². The van der Waals surface area contributed by atoms with Gasteiger partial charge in [0, 0.05) is 12.3 Å². The van der Waals surface area contributed by atoms with Crippen LogP contribution in [-0.4, -0.2) is 57.0 Å². The van der Waals surface area contributed by atoms with Gasteiger partial charge in [0.05, 0.1) is 12.2 Å². The summed E-state index contributed by atoms with van der Waals surface area (Å²) in [6, 6.07) is 0. The first-order valence-electron chi connectivity index (χ1n) is 11.7. The van der Waals surface area contributed by atoms with Crippen LogP contribution in [-0.2, 0) is 13.6 Å². The number of aliphatic hydroxyl groups is 2. The van der Waals surface area contributed by atoms with E-state index in [0.717, 1.165) is 0 Å². The molecule has 0 unspecified atom stereocenters.